The van der Waals surface area contributed by atoms with Crippen LogP contribution in [0.25, 0.3) is 0 Å². The highest BCUT2D eigenvalue weighted by molar-refractivity contribution is 6.03. The van der Waals surface area contributed by atoms with E-state index in [9.17, 15) is 24.3 Å². The number of aromatic nitrogens is 2. The van der Waals surface area contributed by atoms with Gasteiger partial charge in [-0.15, -0.1) is 0 Å². The third kappa shape index (κ3) is 6.12. The van der Waals surface area contributed by atoms with Crippen LogP contribution in [0.2, 0.25) is 0 Å². The van der Waals surface area contributed by atoms with Crippen LogP contribution >= 0.6 is 0 Å². The van der Waals surface area contributed by atoms with Gasteiger partial charge in [0.25, 0.3) is 5.91 Å². The lowest BCUT2D eigenvalue weighted by Crippen LogP contribution is -2.48. The molecule has 0 spiro atoms. The molecule has 1 amide bonds. The van der Waals surface area contributed by atoms with Gasteiger partial charge >= 0.3 is 17.6 Å². The van der Waals surface area contributed by atoms with E-state index in [4.69, 9.17) is 14.2 Å². The molecule has 0 aliphatic carbocycles. The van der Waals surface area contributed by atoms with Gasteiger partial charge in [-0.25, -0.2) is 14.4 Å². The van der Waals surface area contributed by atoms with Crippen LogP contribution in [0.1, 0.15) is 44.2 Å². The second-order valence-corrected chi connectivity index (χ2v) is 9.73. The highest BCUT2D eigenvalue weighted by Crippen LogP contribution is 2.40. The first kappa shape index (κ1) is 28.4. The van der Waals surface area contributed by atoms with E-state index in [1.165, 1.54) is 19.2 Å². The van der Waals surface area contributed by atoms with E-state index in [0.29, 0.717) is 11.1 Å². The zero-order valence-corrected chi connectivity index (χ0v) is 22.5. The molecule has 1 aliphatic heterocycles. The minimum absolute atomic E-state index is 0.0110. The molecular weight excluding hydrogens is 542 g/mol. The summed E-state index contributed by atoms with van der Waals surface area (Å²) in [6, 6.07) is 26.2. The number of hydrogen-bond donors (Lipinski definition) is 2. The maximum atomic E-state index is 13.1. The van der Waals surface area contributed by atoms with Gasteiger partial charge in [0.2, 0.25) is 0 Å². The van der Waals surface area contributed by atoms with Crippen molar-refractivity contribution in [2.24, 2.45) is 0 Å². The summed E-state index contributed by atoms with van der Waals surface area (Å²) in [6.07, 6.45) is -2.58. The van der Waals surface area contributed by atoms with E-state index in [1.807, 2.05) is 0 Å². The fourth-order valence-electron chi connectivity index (χ4n) is 4.57. The molecule has 3 aromatic carbocycles. The molecule has 0 saturated carbocycles. The van der Waals surface area contributed by atoms with Crippen molar-refractivity contribution < 1.29 is 33.7 Å². The van der Waals surface area contributed by atoms with Crippen molar-refractivity contribution in [1.29, 1.82) is 0 Å². The predicted octanol–water partition coefficient (Wildman–Crippen LogP) is 3.23. The van der Waals surface area contributed by atoms with Crippen molar-refractivity contribution in [3.8, 4) is 0 Å². The minimum Gasteiger partial charge on any atom is -0.459 e. The van der Waals surface area contributed by atoms with Crippen LogP contribution in [0.3, 0.4) is 0 Å². The van der Waals surface area contributed by atoms with Crippen LogP contribution in [-0.2, 0) is 14.2 Å². The van der Waals surface area contributed by atoms with Crippen molar-refractivity contribution >= 4 is 23.7 Å². The summed E-state index contributed by atoms with van der Waals surface area (Å²) in [6.45, 7) is 0.956. The van der Waals surface area contributed by atoms with Gasteiger partial charge in [-0.2, -0.15) is 4.98 Å². The minimum atomic E-state index is -1.96. The van der Waals surface area contributed by atoms with Crippen LogP contribution in [0.5, 0.6) is 0 Å². The van der Waals surface area contributed by atoms with Crippen molar-refractivity contribution in [3.05, 3.63) is 130 Å². The summed E-state index contributed by atoms with van der Waals surface area (Å²) >= 11 is 0. The third-order valence-electron chi connectivity index (χ3n) is 6.71. The number of aliphatic hydroxyl groups is 1. The molecule has 2 N–H and O–H groups in total. The zero-order valence-electron chi connectivity index (χ0n) is 22.5. The molecule has 3 unspecified atom stereocenters. The molecule has 11 nitrogen and oxygen atoms in total. The molecule has 2 heterocycles. The van der Waals surface area contributed by atoms with Crippen molar-refractivity contribution in [2.45, 2.75) is 31.0 Å². The van der Waals surface area contributed by atoms with Gasteiger partial charge in [0.1, 0.15) is 24.1 Å². The smallest absolute Gasteiger partial charge is 0.351 e. The van der Waals surface area contributed by atoms with E-state index in [1.54, 1.807) is 91.0 Å². The standard InChI is InChI=1S/C31H27N3O8/c1-31(39)25(42-28(37)22-15-9-4-10-16-22)23(19-40-27(36)21-13-7-3-8-14-21)41-29(31)34-18-17-24(33-30(34)38)32-26(35)20-11-5-2-6-12-20/h2-18,23,25,29,39H,19H2,1H3,(H,32,33,35,38)/t23?,25-,29?,31?/m0/s1. The van der Waals surface area contributed by atoms with Gasteiger partial charge in [0.05, 0.1) is 11.1 Å². The number of carbonyl (C=O) groups is 3. The van der Waals surface area contributed by atoms with E-state index in [-0.39, 0.29) is 18.0 Å². The molecule has 4 aromatic rings. The largest absolute Gasteiger partial charge is 0.459 e. The molecule has 42 heavy (non-hydrogen) atoms. The van der Waals surface area contributed by atoms with Crippen molar-refractivity contribution in [2.75, 3.05) is 11.9 Å². The molecule has 1 fully saturated rings. The Morgan fingerprint density at radius 2 is 1.43 bits per heavy atom. The average Bonchev–Trinajstić information content (AvgIpc) is 3.25. The van der Waals surface area contributed by atoms with Crippen molar-refractivity contribution in [3.63, 3.8) is 0 Å². The molecular formula is C31H27N3O8. The summed E-state index contributed by atoms with van der Waals surface area (Å²) in [4.78, 5) is 55.0. The lowest BCUT2D eigenvalue weighted by Gasteiger charge is -2.30. The van der Waals surface area contributed by atoms with Crippen LogP contribution in [0.15, 0.2) is 108 Å². The Hall–Kier alpha value is -5.13. The predicted molar refractivity (Wildman–Crippen MR) is 150 cm³/mol. The van der Waals surface area contributed by atoms with E-state index < -0.39 is 47.6 Å². The van der Waals surface area contributed by atoms with Crippen LogP contribution < -0.4 is 11.0 Å². The fourth-order valence-corrected chi connectivity index (χ4v) is 4.57. The van der Waals surface area contributed by atoms with Gasteiger partial charge in [0.15, 0.2) is 12.3 Å². The Morgan fingerprint density at radius 3 is 2.00 bits per heavy atom. The number of anilines is 1. The number of hydrogen-bond acceptors (Lipinski definition) is 9. The lowest BCUT2D eigenvalue weighted by atomic mass is 9.96. The number of benzene rings is 3. The number of ether oxygens (including phenoxy) is 3. The Morgan fingerprint density at radius 1 is 0.881 bits per heavy atom. The summed E-state index contributed by atoms with van der Waals surface area (Å²) in [5, 5.41) is 14.2. The molecule has 1 saturated heterocycles. The molecule has 11 heteroatoms. The molecule has 1 aliphatic rings. The molecule has 0 bridgehead atoms. The third-order valence-corrected chi connectivity index (χ3v) is 6.71. The summed E-state index contributed by atoms with van der Waals surface area (Å²) in [5.74, 6) is -1.86. The summed E-state index contributed by atoms with van der Waals surface area (Å²) < 4.78 is 18.1. The lowest BCUT2D eigenvalue weighted by molar-refractivity contribution is -0.101. The number of nitrogens with zero attached hydrogens (tertiary/aromatic N) is 2. The van der Waals surface area contributed by atoms with Crippen LogP contribution in [-0.4, -0.2) is 56.9 Å². The first-order valence-corrected chi connectivity index (χ1v) is 13.1. The number of amides is 1. The first-order chi connectivity index (χ1) is 20.2. The molecule has 5 rings (SSSR count). The number of esters is 2. The number of nitrogens with one attached hydrogen (secondary N) is 1. The molecule has 1 aromatic heterocycles. The van der Waals surface area contributed by atoms with E-state index in [0.717, 1.165) is 4.57 Å². The highest BCUT2D eigenvalue weighted by atomic mass is 16.6. The fraction of sp³-hybridized carbons (Fsp3) is 0.194. The summed E-state index contributed by atoms with van der Waals surface area (Å²) in [5.41, 5.74) is -1.91. The van der Waals surface area contributed by atoms with Crippen molar-refractivity contribution in [1.82, 2.24) is 9.55 Å². The van der Waals surface area contributed by atoms with Gasteiger partial charge in [-0.1, -0.05) is 54.6 Å². The highest BCUT2D eigenvalue weighted by Gasteiger charge is 2.57. The zero-order chi connectivity index (χ0) is 29.7. The van der Waals surface area contributed by atoms with Gasteiger partial charge in [-0.05, 0) is 49.4 Å². The Bertz CT molecular complexity index is 1620. The SMILES string of the molecule is CC1(O)C(n2ccc(NC(=O)c3ccccc3)nc2=O)OC(COC(=O)c2ccccc2)[C@@H]1OC(=O)c1ccccc1. The Labute approximate surface area is 240 Å². The molecule has 214 valence electrons. The van der Waals surface area contributed by atoms with Crippen LogP contribution in [0, 0.1) is 0 Å². The van der Waals surface area contributed by atoms with Gasteiger partial charge < -0.3 is 24.6 Å². The maximum absolute atomic E-state index is 13.1. The normalized spacial score (nSPS) is 21.3. The maximum Gasteiger partial charge on any atom is 0.351 e. The van der Waals surface area contributed by atoms with Crippen LogP contribution in [0.4, 0.5) is 5.82 Å². The second kappa shape index (κ2) is 12.2. The first-order valence-electron chi connectivity index (χ1n) is 13.1. The van der Waals surface area contributed by atoms with E-state index in [2.05, 4.69) is 10.3 Å². The van der Waals surface area contributed by atoms with Gasteiger partial charge in [0, 0.05) is 11.8 Å². The Kier molecular flexibility index (Phi) is 8.23. The number of carbonyl (C=O) groups excluding carboxylic acids is 3. The monoisotopic (exact) mass is 569 g/mol. The molecule has 0 radical (unpaired) electrons. The average molecular weight is 570 g/mol. The number of rotatable bonds is 8. The second-order valence-electron chi connectivity index (χ2n) is 9.73. The quantitative estimate of drug-likeness (QED) is 0.305. The Balaban J connectivity index is 1.39. The van der Waals surface area contributed by atoms with E-state index >= 15 is 0 Å². The van der Waals surface area contributed by atoms with Gasteiger partial charge in [-0.3, -0.25) is 9.36 Å². The molecule has 4 atom stereocenters. The summed E-state index contributed by atoms with van der Waals surface area (Å²) in [7, 11) is 0. The topological polar surface area (TPSA) is 146 Å².